The second-order valence-corrected chi connectivity index (χ2v) is 4.16. The molecule has 1 aliphatic heterocycles. The topological polar surface area (TPSA) is 77.8 Å². The molecular formula is C12H12FNO4. The molecule has 1 amide bonds. The molecule has 0 aliphatic carbocycles. The molecule has 2 N–H and O–H groups in total. The van der Waals surface area contributed by atoms with Gasteiger partial charge in [-0.05, 0) is 31.0 Å². The van der Waals surface area contributed by atoms with Crippen molar-refractivity contribution in [3.63, 3.8) is 0 Å². The maximum Gasteiger partial charge on any atom is 0.326 e. The molecule has 2 rings (SSSR count). The average Bonchev–Trinajstić information content (AvgIpc) is 2.80. The zero-order valence-corrected chi connectivity index (χ0v) is 9.47. The maximum atomic E-state index is 13.1. The number of carbonyl (C=O) groups excluding carboxylic acids is 1. The van der Waals surface area contributed by atoms with E-state index in [0.29, 0.717) is 19.4 Å². The van der Waals surface area contributed by atoms with Gasteiger partial charge in [0, 0.05) is 6.54 Å². The van der Waals surface area contributed by atoms with Crippen molar-refractivity contribution >= 4 is 11.9 Å². The molecule has 1 atom stereocenters. The molecule has 0 spiro atoms. The number of phenolic OH excluding ortho intramolecular Hbond substituents is 1. The number of carbonyl (C=O) groups is 2. The lowest BCUT2D eigenvalue weighted by atomic mass is 10.1. The van der Waals surface area contributed by atoms with E-state index in [1.54, 1.807) is 0 Å². The van der Waals surface area contributed by atoms with Gasteiger partial charge in [-0.3, -0.25) is 4.79 Å². The van der Waals surface area contributed by atoms with Gasteiger partial charge >= 0.3 is 5.97 Å². The number of rotatable bonds is 2. The monoisotopic (exact) mass is 253 g/mol. The highest BCUT2D eigenvalue weighted by Gasteiger charge is 2.35. The largest absolute Gasteiger partial charge is 0.507 e. The molecular weight excluding hydrogens is 241 g/mol. The van der Waals surface area contributed by atoms with Crippen LogP contribution in [-0.2, 0) is 4.79 Å². The third kappa shape index (κ3) is 2.13. The minimum Gasteiger partial charge on any atom is -0.507 e. The molecule has 1 aromatic rings. The van der Waals surface area contributed by atoms with Crippen molar-refractivity contribution < 1.29 is 24.2 Å². The summed E-state index contributed by atoms with van der Waals surface area (Å²) < 4.78 is 13.1. The zero-order valence-electron chi connectivity index (χ0n) is 9.47. The van der Waals surface area contributed by atoms with Crippen molar-refractivity contribution in [2.45, 2.75) is 18.9 Å². The number of halogens is 1. The van der Waals surface area contributed by atoms with Crippen LogP contribution in [0, 0.1) is 5.82 Å². The molecule has 5 nitrogen and oxygen atoms in total. The number of aromatic hydroxyl groups is 1. The first-order valence-electron chi connectivity index (χ1n) is 5.53. The molecule has 6 heteroatoms. The SMILES string of the molecule is O=C(O)[C@@H]1CCCN1C(=O)c1cc(F)ccc1O. The van der Waals surface area contributed by atoms with Gasteiger partial charge in [0.2, 0.25) is 0 Å². The number of hydrogen-bond donors (Lipinski definition) is 2. The molecule has 0 saturated carbocycles. The number of hydrogen-bond acceptors (Lipinski definition) is 3. The molecule has 0 unspecified atom stereocenters. The number of likely N-dealkylation sites (tertiary alicyclic amines) is 1. The normalized spacial score (nSPS) is 18.9. The summed E-state index contributed by atoms with van der Waals surface area (Å²) in [6.45, 7) is 0.297. The second-order valence-electron chi connectivity index (χ2n) is 4.16. The number of carboxylic acids is 1. The van der Waals surface area contributed by atoms with Crippen molar-refractivity contribution in [1.29, 1.82) is 0 Å². The molecule has 0 aromatic heterocycles. The van der Waals surface area contributed by atoms with Crippen LogP contribution >= 0.6 is 0 Å². The van der Waals surface area contributed by atoms with Crippen LogP contribution in [0.1, 0.15) is 23.2 Å². The Hall–Kier alpha value is -2.11. The van der Waals surface area contributed by atoms with Crippen molar-refractivity contribution in [2.75, 3.05) is 6.54 Å². The molecule has 1 aromatic carbocycles. The van der Waals surface area contributed by atoms with E-state index in [0.717, 1.165) is 23.1 Å². The highest BCUT2D eigenvalue weighted by atomic mass is 19.1. The van der Waals surface area contributed by atoms with Gasteiger partial charge in [-0.25, -0.2) is 9.18 Å². The van der Waals surface area contributed by atoms with Crippen LogP contribution < -0.4 is 0 Å². The van der Waals surface area contributed by atoms with E-state index in [9.17, 15) is 19.1 Å². The summed E-state index contributed by atoms with van der Waals surface area (Å²) in [7, 11) is 0. The predicted octanol–water partition coefficient (Wildman–Crippen LogP) is 1.22. The van der Waals surface area contributed by atoms with Gasteiger partial charge in [0.25, 0.3) is 5.91 Å². The second kappa shape index (κ2) is 4.64. The maximum absolute atomic E-state index is 13.1. The number of amides is 1. The highest BCUT2D eigenvalue weighted by molar-refractivity contribution is 5.99. The number of nitrogens with zero attached hydrogens (tertiary/aromatic N) is 1. The van der Waals surface area contributed by atoms with Crippen LogP contribution in [0.15, 0.2) is 18.2 Å². The molecule has 96 valence electrons. The van der Waals surface area contributed by atoms with Crippen LogP contribution in [0.2, 0.25) is 0 Å². The molecule has 1 fully saturated rings. The minimum atomic E-state index is -1.09. The van der Waals surface area contributed by atoms with Gasteiger partial charge in [-0.15, -0.1) is 0 Å². The Kier molecular flexibility index (Phi) is 3.18. The van der Waals surface area contributed by atoms with Crippen LogP contribution in [0.3, 0.4) is 0 Å². The number of aliphatic carboxylic acids is 1. The summed E-state index contributed by atoms with van der Waals surface area (Å²) in [6.07, 6.45) is 0.954. The van der Waals surface area contributed by atoms with Crippen molar-refractivity contribution in [3.8, 4) is 5.75 Å². The number of carboxylic acid groups (broad SMARTS) is 1. The fourth-order valence-corrected chi connectivity index (χ4v) is 2.10. The first-order chi connectivity index (χ1) is 8.50. The summed E-state index contributed by atoms with van der Waals surface area (Å²) in [6, 6.07) is 2.12. The highest BCUT2D eigenvalue weighted by Crippen LogP contribution is 2.25. The van der Waals surface area contributed by atoms with Crippen LogP contribution in [-0.4, -0.2) is 39.6 Å². The van der Waals surface area contributed by atoms with Gasteiger partial charge in [-0.2, -0.15) is 0 Å². The Balaban J connectivity index is 2.31. The first kappa shape index (κ1) is 12.3. The Labute approximate surface area is 102 Å². The van der Waals surface area contributed by atoms with Gasteiger partial charge in [0.05, 0.1) is 5.56 Å². The molecule has 1 heterocycles. The van der Waals surface area contributed by atoms with Crippen molar-refractivity contribution in [2.24, 2.45) is 0 Å². The fraction of sp³-hybridized carbons (Fsp3) is 0.333. The predicted molar refractivity (Wildman–Crippen MR) is 59.8 cm³/mol. The van der Waals surface area contributed by atoms with Gasteiger partial charge < -0.3 is 15.1 Å². The Bertz CT molecular complexity index is 503. The van der Waals surface area contributed by atoms with E-state index in [1.165, 1.54) is 0 Å². The van der Waals surface area contributed by atoms with Crippen LogP contribution in [0.4, 0.5) is 4.39 Å². The van der Waals surface area contributed by atoms with E-state index in [1.807, 2.05) is 0 Å². The lowest BCUT2D eigenvalue weighted by Gasteiger charge is -2.21. The van der Waals surface area contributed by atoms with Gasteiger partial charge in [0.15, 0.2) is 0 Å². The Morgan fingerprint density at radius 3 is 2.78 bits per heavy atom. The summed E-state index contributed by atoms with van der Waals surface area (Å²) in [4.78, 5) is 24.2. The molecule has 0 radical (unpaired) electrons. The first-order valence-corrected chi connectivity index (χ1v) is 5.53. The van der Waals surface area contributed by atoms with Crippen molar-refractivity contribution in [3.05, 3.63) is 29.6 Å². The van der Waals surface area contributed by atoms with E-state index >= 15 is 0 Å². The van der Waals surface area contributed by atoms with E-state index in [-0.39, 0.29) is 11.3 Å². The molecule has 1 saturated heterocycles. The Morgan fingerprint density at radius 2 is 2.11 bits per heavy atom. The number of benzene rings is 1. The van der Waals surface area contributed by atoms with E-state index in [4.69, 9.17) is 5.11 Å². The van der Waals surface area contributed by atoms with Gasteiger partial charge in [0.1, 0.15) is 17.6 Å². The standard InChI is InChI=1S/C12H12FNO4/c13-7-3-4-10(15)8(6-7)11(16)14-5-1-2-9(14)12(17)18/h3-4,6,9,15H,1-2,5H2,(H,17,18)/t9-/m0/s1. The smallest absolute Gasteiger partial charge is 0.326 e. The summed E-state index contributed by atoms with van der Waals surface area (Å²) in [5.41, 5.74) is -0.205. The summed E-state index contributed by atoms with van der Waals surface area (Å²) in [5.74, 6) is -2.74. The summed E-state index contributed by atoms with van der Waals surface area (Å²) >= 11 is 0. The average molecular weight is 253 g/mol. The fourth-order valence-electron chi connectivity index (χ4n) is 2.10. The van der Waals surface area contributed by atoms with E-state index < -0.39 is 23.7 Å². The quantitative estimate of drug-likeness (QED) is 0.830. The zero-order chi connectivity index (χ0) is 13.3. The Morgan fingerprint density at radius 1 is 1.39 bits per heavy atom. The lowest BCUT2D eigenvalue weighted by Crippen LogP contribution is -2.40. The lowest BCUT2D eigenvalue weighted by molar-refractivity contribution is -0.141. The van der Waals surface area contributed by atoms with Gasteiger partial charge in [-0.1, -0.05) is 0 Å². The van der Waals surface area contributed by atoms with Crippen LogP contribution in [0.25, 0.3) is 0 Å². The van der Waals surface area contributed by atoms with Crippen molar-refractivity contribution in [1.82, 2.24) is 4.90 Å². The molecule has 0 bridgehead atoms. The van der Waals surface area contributed by atoms with E-state index in [2.05, 4.69) is 0 Å². The van der Waals surface area contributed by atoms with Crippen LogP contribution in [0.5, 0.6) is 5.75 Å². The summed E-state index contributed by atoms with van der Waals surface area (Å²) in [5, 5.41) is 18.5. The minimum absolute atomic E-state index is 0.205. The number of phenols is 1. The third-order valence-electron chi connectivity index (χ3n) is 2.99. The third-order valence-corrected chi connectivity index (χ3v) is 2.99. The molecule has 1 aliphatic rings. The molecule has 18 heavy (non-hydrogen) atoms.